The van der Waals surface area contributed by atoms with Crippen molar-refractivity contribution >= 4 is 78.7 Å². The van der Waals surface area contributed by atoms with Gasteiger partial charge in [0.15, 0.2) is 0 Å². The van der Waals surface area contributed by atoms with E-state index in [0.29, 0.717) is 0 Å². The van der Waals surface area contributed by atoms with E-state index < -0.39 is 8.07 Å². The molecule has 5 heterocycles. The first kappa shape index (κ1) is 30.9. The summed E-state index contributed by atoms with van der Waals surface area (Å²) in [7, 11) is -2.46. The molecule has 11 rings (SSSR count). The summed E-state index contributed by atoms with van der Waals surface area (Å²) in [6.07, 6.45) is 0. The molecule has 0 aromatic heterocycles. The Morgan fingerprint density at radius 2 is 0.698 bits per heavy atom. The van der Waals surface area contributed by atoms with E-state index in [1.807, 2.05) is 0 Å². The predicted molar refractivity (Wildman–Crippen MR) is 229 cm³/mol. The van der Waals surface area contributed by atoms with Gasteiger partial charge in [0.1, 0.15) is 0 Å². The number of anilines is 8. The summed E-state index contributed by atoms with van der Waals surface area (Å²) in [5, 5.41) is 3.20. The van der Waals surface area contributed by atoms with E-state index >= 15 is 0 Å². The Bertz CT molecular complexity index is 2410. The van der Waals surface area contributed by atoms with Crippen LogP contribution in [0.2, 0.25) is 13.1 Å². The number of hydrogen-bond donors (Lipinski definition) is 0. The van der Waals surface area contributed by atoms with Gasteiger partial charge in [-0.1, -0.05) is 96.1 Å². The van der Waals surface area contributed by atoms with Crippen molar-refractivity contribution < 1.29 is 0 Å². The second kappa shape index (κ2) is 10.7. The number of benzene rings is 6. The Kier molecular flexibility index (Phi) is 6.25. The van der Waals surface area contributed by atoms with E-state index in [4.69, 9.17) is 0 Å². The molecule has 0 amide bonds. The average molecular weight is 699 g/mol. The number of rotatable bonds is 2. The minimum Gasteiger partial charge on any atom is -0.360 e. The van der Waals surface area contributed by atoms with Gasteiger partial charge in [0.2, 0.25) is 0 Å². The molecule has 53 heavy (non-hydrogen) atoms. The predicted octanol–water partition coefficient (Wildman–Crippen LogP) is 11.6. The molecular formula is C46H40B2N4Si. The van der Waals surface area contributed by atoms with Crippen LogP contribution in [0.15, 0.2) is 144 Å². The van der Waals surface area contributed by atoms with Crippen molar-refractivity contribution in [2.75, 3.05) is 19.2 Å². The van der Waals surface area contributed by atoms with E-state index in [2.05, 4.69) is 193 Å². The molecule has 6 aromatic carbocycles. The Hall–Kier alpha value is -5.65. The summed E-state index contributed by atoms with van der Waals surface area (Å²) in [5.74, 6) is 0. The van der Waals surface area contributed by atoms with Crippen molar-refractivity contribution in [3.63, 3.8) is 0 Å². The number of nitrogens with zero attached hydrogens (tertiary/aromatic N) is 4. The highest BCUT2D eigenvalue weighted by molar-refractivity contribution is 7.17. The zero-order valence-corrected chi connectivity index (χ0v) is 32.1. The van der Waals surface area contributed by atoms with Gasteiger partial charge >= 0.3 is 14.0 Å². The summed E-state index contributed by atoms with van der Waals surface area (Å²) >= 11 is 0. The second-order valence-corrected chi connectivity index (χ2v) is 20.3. The molecule has 5 aliphatic heterocycles. The highest BCUT2D eigenvalue weighted by atomic mass is 28.3. The van der Waals surface area contributed by atoms with E-state index in [-0.39, 0.29) is 14.0 Å². The van der Waals surface area contributed by atoms with Crippen LogP contribution in [0.5, 0.6) is 0 Å². The Morgan fingerprint density at radius 3 is 1.08 bits per heavy atom. The van der Waals surface area contributed by atoms with Crippen LogP contribution in [-0.4, -0.2) is 22.0 Å². The maximum Gasteiger partial charge on any atom is 0.413 e. The summed E-state index contributed by atoms with van der Waals surface area (Å²) in [6, 6.07) is 50.4. The van der Waals surface area contributed by atoms with Crippen LogP contribution in [0.25, 0.3) is 11.1 Å². The molecule has 0 saturated carbocycles. The van der Waals surface area contributed by atoms with Crippen LogP contribution < -0.4 is 19.2 Å². The van der Waals surface area contributed by atoms with Gasteiger partial charge in [0.05, 0.1) is 30.8 Å². The number of allylic oxidation sites excluding steroid dienone is 2. The van der Waals surface area contributed by atoms with Crippen LogP contribution >= 0.6 is 0 Å². The van der Waals surface area contributed by atoms with Crippen LogP contribution in [0.1, 0.15) is 33.4 Å². The van der Waals surface area contributed by atoms with Gasteiger partial charge in [-0.2, -0.15) is 0 Å². The van der Waals surface area contributed by atoms with Crippen LogP contribution in [0, 0.1) is 27.7 Å². The third-order valence-corrected chi connectivity index (χ3v) is 16.5. The molecule has 6 aromatic rings. The van der Waals surface area contributed by atoms with Gasteiger partial charge in [0.25, 0.3) is 0 Å². The zero-order chi connectivity index (χ0) is 35.9. The fourth-order valence-electron chi connectivity index (χ4n) is 10.2. The van der Waals surface area contributed by atoms with Crippen molar-refractivity contribution in [3.05, 3.63) is 177 Å². The first-order chi connectivity index (χ1) is 25.8. The van der Waals surface area contributed by atoms with Crippen molar-refractivity contribution in [2.24, 2.45) is 0 Å². The monoisotopic (exact) mass is 698 g/mol. The van der Waals surface area contributed by atoms with E-state index in [1.165, 1.54) is 90.0 Å². The number of fused-ring (bicyclic) bond motifs is 15. The minimum atomic E-state index is -2.46. The van der Waals surface area contributed by atoms with Gasteiger partial charge in [-0.25, -0.2) is 0 Å². The quantitative estimate of drug-likeness (QED) is 0.167. The maximum absolute atomic E-state index is 2.69. The lowest BCUT2D eigenvalue weighted by Gasteiger charge is -2.42. The Labute approximate surface area is 314 Å². The molecule has 0 spiro atoms. The molecule has 0 atom stereocenters. The fourth-order valence-corrected chi connectivity index (χ4v) is 14.0. The summed E-state index contributed by atoms with van der Waals surface area (Å²) in [6.45, 7) is 14.4. The third kappa shape index (κ3) is 3.93. The second-order valence-electron chi connectivity index (χ2n) is 16.0. The average Bonchev–Trinajstić information content (AvgIpc) is 3.75. The molecular weight excluding hydrogens is 658 g/mol. The SMILES string of the molecule is Cc1cc2c(cc1C)N1B(C3=C(C4=C(B5N(c6ccccc6)c6cc(C)c(C)cc6N5c5ccccc54)[Si]3(C)C)c3ccccc31)N2c1ccccc1. The molecule has 254 valence electrons. The first-order valence-electron chi connectivity index (χ1n) is 18.9. The molecule has 0 unspecified atom stereocenters. The Morgan fingerprint density at radius 1 is 0.377 bits per heavy atom. The Balaban J connectivity index is 1.24. The molecule has 5 aliphatic rings. The molecule has 0 fully saturated rings. The largest absolute Gasteiger partial charge is 0.413 e. The fraction of sp³-hybridized carbons (Fsp3) is 0.130. The highest BCUT2D eigenvalue weighted by Crippen LogP contribution is 2.65. The number of aryl methyl sites for hydroxylation is 4. The molecule has 7 heteroatoms. The van der Waals surface area contributed by atoms with Gasteiger partial charge in [-0.15, -0.1) is 0 Å². The van der Waals surface area contributed by atoms with Gasteiger partial charge < -0.3 is 19.2 Å². The molecule has 0 bridgehead atoms. The van der Waals surface area contributed by atoms with Crippen molar-refractivity contribution in [2.45, 2.75) is 40.8 Å². The van der Waals surface area contributed by atoms with E-state index in [0.717, 1.165) is 0 Å². The van der Waals surface area contributed by atoms with Gasteiger partial charge in [-0.05, 0) is 122 Å². The van der Waals surface area contributed by atoms with Gasteiger partial charge in [0, 0.05) is 33.9 Å². The topological polar surface area (TPSA) is 13.0 Å². The smallest absolute Gasteiger partial charge is 0.360 e. The zero-order valence-electron chi connectivity index (χ0n) is 31.1. The van der Waals surface area contributed by atoms with Crippen LogP contribution in [0.4, 0.5) is 45.5 Å². The lowest BCUT2D eigenvalue weighted by Crippen LogP contribution is -2.58. The van der Waals surface area contributed by atoms with E-state index in [9.17, 15) is 0 Å². The summed E-state index contributed by atoms with van der Waals surface area (Å²) in [4.78, 5) is 10.7. The molecule has 0 saturated heterocycles. The lowest BCUT2D eigenvalue weighted by atomic mass is 9.61. The molecule has 0 radical (unpaired) electrons. The standard InChI is InChI=1S/C46H40B2N4Si/c1-29-25-39-41(27-31(29)3)51-37-23-15-13-21-35(37)43-44-36-22-14-16-24-38(36)52-42-28-32(4)30(2)26-40(42)50(34-19-11-8-12-20-34)48(52)46(44)53(5,6)45(43)47(51)49(39)33-17-9-7-10-18-33/h7-28H,1-6H3. The van der Waals surface area contributed by atoms with Crippen molar-refractivity contribution in [1.29, 1.82) is 0 Å². The summed E-state index contributed by atoms with van der Waals surface area (Å²) < 4.78 is 0. The first-order valence-corrected chi connectivity index (χ1v) is 21.9. The van der Waals surface area contributed by atoms with Gasteiger partial charge in [-0.3, -0.25) is 0 Å². The normalized spacial score (nSPS) is 17.0. The highest BCUT2D eigenvalue weighted by Gasteiger charge is 2.63. The van der Waals surface area contributed by atoms with Crippen molar-refractivity contribution in [1.82, 2.24) is 0 Å². The summed E-state index contributed by atoms with van der Waals surface area (Å²) in [5.41, 5.74) is 21.1. The molecule has 0 N–H and O–H groups in total. The number of para-hydroxylation sites is 4. The van der Waals surface area contributed by atoms with Crippen molar-refractivity contribution in [3.8, 4) is 0 Å². The lowest BCUT2D eigenvalue weighted by molar-refractivity contribution is 1.31. The number of hydrogen-bond acceptors (Lipinski definition) is 4. The van der Waals surface area contributed by atoms with E-state index in [1.54, 1.807) is 10.2 Å². The minimum absolute atomic E-state index is 0.0184. The molecule has 0 aliphatic carbocycles. The third-order valence-electron chi connectivity index (χ3n) is 12.8. The maximum atomic E-state index is 2.69. The van der Waals surface area contributed by atoms with Crippen LogP contribution in [-0.2, 0) is 0 Å². The van der Waals surface area contributed by atoms with Crippen LogP contribution in [0.3, 0.4) is 0 Å². The molecule has 4 nitrogen and oxygen atoms in total.